The van der Waals surface area contributed by atoms with Gasteiger partial charge in [-0.3, -0.25) is 0 Å². The van der Waals surface area contributed by atoms with Gasteiger partial charge in [0.25, 0.3) is 0 Å². The molecule has 1 aromatic carbocycles. The number of halogens is 1. The number of phenolic OH excluding ortho intramolecular Hbond substituents is 1. The van der Waals surface area contributed by atoms with Crippen molar-refractivity contribution in [2.24, 2.45) is 5.73 Å². The summed E-state index contributed by atoms with van der Waals surface area (Å²) >= 11 is 0. The minimum atomic E-state index is -0.709. The van der Waals surface area contributed by atoms with E-state index in [0.29, 0.717) is 18.5 Å². The van der Waals surface area contributed by atoms with Crippen LogP contribution in [0.1, 0.15) is 24.8 Å². The molecule has 0 aliphatic heterocycles. The third-order valence-electron chi connectivity index (χ3n) is 2.46. The molecule has 0 bridgehead atoms. The summed E-state index contributed by atoms with van der Waals surface area (Å²) in [6.07, 6.45) is 0.708. The predicted molar refractivity (Wildman–Crippen MR) is 56.7 cm³/mol. The van der Waals surface area contributed by atoms with Gasteiger partial charge in [-0.15, -0.1) is 0 Å². The highest BCUT2D eigenvalue weighted by atomic mass is 19.1. The Morgan fingerprint density at radius 3 is 2.73 bits per heavy atom. The third kappa shape index (κ3) is 2.39. The number of rotatable bonds is 4. The molecule has 0 heterocycles. The number of hydrogen-bond donors (Lipinski definition) is 2. The van der Waals surface area contributed by atoms with Crippen molar-refractivity contribution in [3.05, 3.63) is 23.5 Å². The average Bonchev–Trinajstić information content (AvgIpc) is 2.22. The maximum atomic E-state index is 13.5. The molecule has 1 aromatic rings. The smallest absolute Gasteiger partial charge is 0.206 e. The lowest BCUT2D eigenvalue weighted by atomic mass is 9.96. The molecule has 0 saturated carbocycles. The van der Waals surface area contributed by atoms with Crippen LogP contribution in [0, 0.1) is 5.82 Å². The van der Waals surface area contributed by atoms with E-state index in [1.165, 1.54) is 13.2 Å². The fourth-order valence-corrected chi connectivity index (χ4v) is 1.52. The molecule has 0 spiro atoms. The molecule has 0 aliphatic rings. The summed E-state index contributed by atoms with van der Waals surface area (Å²) in [5.74, 6) is -0.958. The Morgan fingerprint density at radius 1 is 1.53 bits per heavy atom. The summed E-state index contributed by atoms with van der Waals surface area (Å²) in [6, 6.07) is 3.18. The van der Waals surface area contributed by atoms with Crippen molar-refractivity contribution in [1.82, 2.24) is 0 Å². The normalized spacial score (nSPS) is 12.5. The highest BCUT2D eigenvalue weighted by Gasteiger charge is 2.16. The first-order chi connectivity index (χ1) is 7.11. The number of methoxy groups -OCH3 is 1. The van der Waals surface area contributed by atoms with Gasteiger partial charge in [0.2, 0.25) is 5.82 Å². The summed E-state index contributed by atoms with van der Waals surface area (Å²) in [7, 11) is 1.36. The third-order valence-corrected chi connectivity index (χ3v) is 2.46. The van der Waals surface area contributed by atoms with Crippen LogP contribution in [0.3, 0.4) is 0 Å². The van der Waals surface area contributed by atoms with Gasteiger partial charge in [-0.05, 0) is 24.9 Å². The number of ether oxygens (including phenoxy) is 1. The second-order valence-corrected chi connectivity index (χ2v) is 3.50. The molecule has 1 unspecified atom stereocenters. The van der Waals surface area contributed by atoms with Crippen LogP contribution in [0.15, 0.2) is 12.1 Å². The van der Waals surface area contributed by atoms with Crippen molar-refractivity contribution >= 4 is 0 Å². The Balaban J connectivity index is 3.06. The number of nitrogens with two attached hydrogens (primary N) is 1. The quantitative estimate of drug-likeness (QED) is 0.804. The van der Waals surface area contributed by atoms with Crippen molar-refractivity contribution in [3.8, 4) is 11.5 Å². The van der Waals surface area contributed by atoms with Crippen molar-refractivity contribution in [3.63, 3.8) is 0 Å². The molecule has 0 saturated heterocycles. The average molecular weight is 213 g/mol. The molecular weight excluding hydrogens is 197 g/mol. The van der Waals surface area contributed by atoms with Crippen LogP contribution in [0.2, 0.25) is 0 Å². The van der Waals surface area contributed by atoms with Crippen LogP contribution >= 0.6 is 0 Å². The van der Waals surface area contributed by atoms with E-state index >= 15 is 0 Å². The molecule has 1 atom stereocenters. The summed E-state index contributed by atoms with van der Waals surface area (Å²) in [5.41, 5.74) is 5.98. The van der Waals surface area contributed by atoms with Crippen LogP contribution in [0.25, 0.3) is 0 Å². The lowest BCUT2D eigenvalue weighted by Crippen LogP contribution is -2.05. The van der Waals surface area contributed by atoms with Crippen molar-refractivity contribution in [1.29, 1.82) is 0 Å². The maximum absolute atomic E-state index is 13.5. The molecule has 84 valence electrons. The highest BCUT2D eigenvalue weighted by Crippen LogP contribution is 2.34. The van der Waals surface area contributed by atoms with Crippen LogP contribution in [-0.2, 0) is 0 Å². The fourth-order valence-electron chi connectivity index (χ4n) is 1.52. The monoisotopic (exact) mass is 213 g/mol. The van der Waals surface area contributed by atoms with E-state index in [0.717, 1.165) is 0 Å². The Kier molecular flexibility index (Phi) is 3.91. The summed E-state index contributed by atoms with van der Waals surface area (Å²) < 4.78 is 18.2. The zero-order valence-electron chi connectivity index (χ0n) is 8.96. The SMILES string of the molecule is COc1ccc(C(C)CCN)c(O)c1F. The largest absolute Gasteiger partial charge is 0.505 e. The van der Waals surface area contributed by atoms with Crippen LogP contribution in [0.5, 0.6) is 11.5 Å². The van der Waals surface area contributed by atoms with Gasteiger partial charge in [0.15, 0.2) is 11.5 Å². The van der Waals surface area contributed by atoms with E-state index in [9.17, 15) is 9.50 Å². The summed E-state index contributed by atoms with van der Waals surface area (Å²) in [4.78, 5) is 0. The van der Waals surface area contributed by atoms with Gasteiger partial charge < -0.3 is 15.6 Å². The molecule has 3 N–H and O–H groups in total. The molecule has 4 heteroatoms. The first-order valence-corrected chi connectivity index (χ1v) is 4.87. The first kappa shape index (κ1) is 11.8. The molecular formula is C11H16FNO2. The van der Waals surface area contributed by atoms with Crippen molar-refractivity contribution < 1.29 is 14.2 Å². The number of hydrogen-bond acceptors (Lipinski definition) is 3. The minimum Gasteiger partial charge on any atom is -0.505 e. The number of aromatic hydroxyl groups is 1. The number of phenols is 1. The molecule has 0 aromatic heterocycles. The predicted octanol–water partition coefficient (Wildman–Crippen LogP) is 1.99. The molecule has 15 heavy (non-hydrogen) atoms. The minimum absolute atomic E-state index is 0.0374. The molecule has 3 nitrogen and oxygen atoms in total. The van der Waals surface area contributed by atoms with E-state index in [1.54, 1.807) is 6.07 Å². The van der Waals surface area contributed by atoms with Gasteiger partial charge in [0.05, 0.1) is 7.11 Å². The van der Waals surface area contributed by atoms with E-state index < -0.39 is 5.82 Å². The van der Waals surface area contributed by atoms with Crippen LogP contribution in [0.4, 0.5) is 4.39 Å². The molecule has 0 radical (unpaired) electrons. The van der Waals surface area contributed by atoms with Crippen LogP contribution in [-0.4, -0.2) is 18.8 Å². The van der Waals surface area contributed by atoms with Crippen LogP contribution < -0.4 is 10.5 Å². The lowest BCUT2D eigenvalue weighted by molar-refractivity contribution is 0.360. The highest BCUT2D eigenvalue weighted by molar-refractivity contribution is 5.43. The molecule has 1 rings (SSSR count). The second kappa shape index (κ2) is 4.98. The maximum Gasteiger partial charge on any atom is 0.206 e. The van der Waals surface area contributed by atoms with Gasteiger partial charge >= 0.3 is 0 Å². The van der Waals surface area contributed by atoms with Gasteiger partial charge in [-0.2, -0.15) is 4.39 Å². The lowest BCUT2D eigenvalue weighted by Gasteiger charge is -2.14. The van der Waals surface area contributed by atoms with Crippen molar-refractivity contribution in [2.75, 3.05) is 13.7 Å². The molecule has 0 amide bonds. The Bertz CT molecular complexity index is 342. The molecule has 0 aliphatic carbocycles. The van der Waals surface area contributed by atoms with Gasteiger partial charge in [-0.25, -0.2) is 0 Å². The van der Waals surface area contributed by atoms with Crippen molar-refractivity contribution in [2.45, 2.75) is 19.3 Å². The van der Waals surface area contributed by atoms with E-state index in [4.69, 9.17) is 10.5 Å². The van der Waals surface area contributed by atoms with E-state index in [-0.39, 0.29) is 17.4 Å². The van der Waals surface area contributed by atoms with E-state index in [2.05, 4.69) is 0 Å². The standard InChI is InChI=1S/C11H16FNO2/c1-7(5-6-13)8-3-4-9(15-2)10(12)11(8)14/h3-4,7,14H,5-6,13H2,1-2H3. The Labute approximate surface area is 88.7 Å². The first-order valence-electron chi connectivity index (χ1n) is 4.87. The van der Waals surface area contributed by atoms with E-state index in [1.807, 2.05) is 6.92 Å². The van der Waals surface area contributed by atoms with Gasteiger partial charge in [0, 0.05) is 5.56 Å². The number of benzene rings is 1. The Morgan fingerprint density at radius 2 is 2.20 bits per heavy atom. The zero-order chi connectivity index (χ0) is 11.4. The topological polar surface area (TPSA) is 55.5 Å². The fraction of sp³-hybridized carbons (Fsp3) is 0.455. The van der Waals surface area contributed by atoms with Gasteiger partial charge in [-0.1, -0.05) is 13.0 Å². The van der Waals surface area contributed by atoms with Gasteiger partial charge in [0.1, 0.15) is 0 Å². The second-order valence-electron chi connectivity index (χ2n) is 3.50. The molecule has 0 fully saturated rings. The zero-order valence-corrected chi connectivity index (χ0v) is 8.96. The summed E-state index contributed by atoms with van der Waals surface area (Å²) in [6.45, 7) is 2.40. The Hall–Kier alpha value is -1.29. The summed E-state index contributed by atoms with van der Waals surface area (Å²) in [5, 5.41) is 9.61.